The Labute approximate surface area is 107 Å². The lowest BCUT2D eigenvalue weighted by molar-refractivity contribution is -0.131. The van der Waals surface area contributed by atoms with Crippen molar-refractivity contribution in [2.45, 2.75) is 19.0 Å². The van der Waals surface area contributed by atoms with Gasteiger partial charge in [0.15, 0.2) is 0 Å². The van der Waals surface area contributed by atoms with Crippen LogP contribution < -0.4 is 5.73 Å². The van der Waals surface area contributed by atoms with Gasteiger partial charge in [-0.15, -0.1) is 0 Å². The first-order chi connectivity index (χ1) is 8.15. The van der Waals surface area contributed by atoms with E-state index in [9.17, 15) is 4.79 Å². The average molecular weight is 253 g/mol. The fourth-order valence-corrected chi connectivity index (χ4v) is 1.98. The third-order valence-corrected chi connectivity index (χ3v) is 3.11. The Kier molecular flexibility index (Phi) is 6.00. The summed E-state index contributed by atoms with van der Waals surface area (Å²) in [4.78, 5) is 17.6. The second-order valence-corrected chi connectivity index (χ2v) is 4.93. The summed E-state index contributed by atoms with van der Waals surface area (Å²) in [5.74, 6) is 0.899. The van der Waals surface area contributed by atoms with E-state index in [0.717, 1.165) is 17.7 Å². The Morgan fingerprint density at radius 2 is 2.41 bits per heavy atom. The zero-order valence-electron chi connectivity index (χ0n) is 10.3. The standard InChI is InChI=1S/C12H19N3OS/c1-15(9-10-4-3-6-14-8-10)12(16)11(13)5-7-17-2/h3-4,6,8,11H,5,7,9,13H2,1-2H3/t11-/m0/s1. The quantitative estimate of drug-likeness (QED) is 0.825. The van der Waals surface area contributed by atoms with Crippen LogP contribution in [0.15, 0.2) is 24.5 Å². The summed E-state index contributed by atoms with van der Waals surface area (Å²) in [6, 6.07) is 3.41. The van der Waals surface area contributed by atoms with Crippen molar-refractivity contribution in [3.05, 3.63) is 30.1 Å². The van der Waals surface area contributed by atoms with E-state index >= 15 is 0 Å². The molecule has 0 fully saturated rings. The van der Waals surface area contributed by atoms with E-state index < -0.39 is 6.04 Å². The Balaban J connectivity index is 2.47. The number of likely N-dealkylation sites (N-methyl/N-ethyl adjacent to an activating group) is 1. The zero-order valence-corrected chi connectivity index (χ0v) is 11.1. The van der Waals surface area contributed by atoms with E-state index in [1.807, 2.05) is 18.4 Å². The van der Waals surface area contributed by atoms with Crippen LogP contribution in [0.25, 0.3) is 0 Å². The van der Waals surface area contributed by atoms with Crippen molar-refractivity contribution in [2.75, 3.05) is 19.1 Å². The maximum absolute atomic E-state index is 11.9. The maximum atomic E-state index is 11.9. The summed E-state index contributed by atoms with van der Waals surface area (Å²) in [7, 11) is 1.77. The van der Waals surface area contributed by atoms with Gasteiger partial charge in [-0.3, -0.25) is 9.78 Å². The number of aromatic nitrogens is 1. The fourth-order valence-electron chi connectivity index (χ4n) is 1.49. The smallest absolute Gasteiger partial charge is 0.239 e. The van der Waals surface area contributed by atoms with Crippen molar-refractivity contribution in [3.8, 4) is 0 Å². The summed E-state index contributed by atoms with van der Waals surface area (Å²) >= 11 is 1.70. The topological polar surface area (TPSA) is 59.2 Å². The average Bonchev–Trinajstić information content (AvgIpc) is 2.36. The minimum Gasteiger partial charge on any atom is -0.340 e. The van der Waals surface area contributed by atoms with Crippen LogP contribution in [0.1, 0.15) is 12.0 Å². The first kappa shape index (κ1) is 14.0. The number of carbonyl (C=O) groups is 1. The summed E-state index contributed by atoms with van der Waals surface area (Å²) in [5, 5.41) is 0. The van der Waals surface area contributed by atoms with Gasteiger partial charge in [0.25, 0.3) is 0 Å². The van der Waals surface area contributed by atoms with E-state index in [2.05, 4.69) is 4.98 Å². The monoisotopic (exact) mass is 253 g/mol. The molecule has 1 rings (SSSR count). The van der Waals surface area contributed by atoms with Crippen molar-refractivity contribution < 1.29 is 4.79 Å². The minimum absolute atomic E-state index is 0.0112. The molecule has 1 amide bonds. The van der Waals surface area contributed by atoms with Gasteiger partial charge in [-0.1, -0.05) is 6.07 Å². The van der Waals surface area contributed by atoms with Gasteiger partial charge in [-0.05, 0) is 30.1 Å². The molecule has 0 aliphatic rings. The molecule has 5 heteroatoms. The number of nitrogens with zero attached hydrogens (tertiary/aromatic N) is 2. The molecule has 1 aromatic rings. The summed E-state index contributed by atoms with van der Waals surface area (Å²) in [6.45, 7) is 0.555. The number of amides is 1. The van der Waals surface area contributed by atoms with Gasteiger partial charge in [0.05, 0.1) is 6.04 Å². The maximum Gasteiger partial charge on any atom is 0.239 e. The zero-order chi connectivity index (χ0) is 12.7. The highest BCUT2D eigenvalue weighted by Crippen LogP contribution is 2.05. The molecule has 0 aliphatic heterocycles. The molecule has 0 saturated heterocycles. The Morgan fingerprint density at radius 1 is 1.65 bits per heavy atom. The molecule has 94 valence electrons. The van der Waals surface area contributed by atoms with Crippen molar-refractivity contribution >= 4 is 17.7 Å². The minimum atomic E-state index is -0.399. The van der Waals surface area contributed by atoms with E-state index in [1.54, 1.807) is 36.1 Å². The Hall–Kier alpha value is -1.07. The third-order valence-electron chi connectivity index (χ3n) is 2.47. The van der Waals surface area contributed by atoms with Crippen molar-refractivity contribution in [3.63, 3.8) is 0 Å². The summed E-state index contributed by atoms with van der Waals surface area (Å²) in [5.41, 5.74) is 6.85. The highest BCUT2D eigenvalue weighted by molar-refractivity contribution is 7.98. The van der Waals surface area contributed by atoms with Crippen LogP contribution in [0.2, 0.25) is 0 Å². The first-order valence-corrected chi connectivity index (χ1v) is 6.93. The molecule has 1 aromatic heterocycles. The molecule has 0 aromatic carbocycles. The molecule has 0 aliphatic carbocycles. The fraction of sp³-hybridized carbons (Fsp3) is 0.500. The molecule has 0 spiro atoms. The number of thioether (sulfide) groups is 1. The van der Waals surface area contributed by atoms with Gasteiger partial charge < -0.3 is 10.6 Å². The molecule has 1 atom stereocenters. The number of nitrogens with two attached hydrogens (primary N) is 1. The summed E-state index contributed by atoms with van der Waals surface area (Å²) in [6.07, 6.45) is 6.21. The van der Waals surface area contributed by atoms with Crippen LogP contribution in [-0.4, -0.2) is 40.9 Å². The Bertz CT molecular complexity index is 345. The third kappa shape index (κ3) is 4.75. The number of carbonyl (C=O) groups excluding carboxylic acids is 1. The van der Waals surface area contributed by atoms with Gasteiger partial charge >= 0.3 is 0 Å². The second-order valence-electron chi connectivity index (χ2n) is 3.94. The lowest BCUT2D eigenvalue weighted by atomic mass is 10.2. The van der Waals surface area contributed by atoms with E-state index in [4.69, 9.17) is 5.73 Å². The predicted octanol–water partition coefficient (Wildman–Crippen LogP) is 1.12. The lowest BCUT2D eigenvalue weighted by Crippen LogP contribution is -2.41. The molecule has 17 heavy (non-hydrogen) atoms. The van der Waals surface area contributed by atoms with Crippen LogP contribution in [-0.2, 0) is 11.3 Å². The van der Waals surface area contributed by atoms with Gasteiger partial charge in [0.2, 0.25) is 5.91 Å². The normalized spacial score (nSPS) is 12.2. The summed E-state index contributed by atoms with van der Waals surface area (Å²) < 4.78 is 0. The van der Waals surface area contributed by atoms with Crippen LogP contribution in [0.3, 0.4) is 0 Å². The molecule has 4 nitrogen and oxygen atoms in total. The molecule has 0 saturated carbocycles. The number of hydrogen-bond acceptors (Lipinski definition) is 4. The van der Waals surface area contributed by atoms with Gasteiger partial charge in [-0.2, -0.15) is 11.8 Å². The molecule has 0 unspecified atom stereocenters. The molecular weight excluding hydrogens is 234 g/mol. The SMILES string of the molecule is CSCC[C@H](N)C(=O)N(C)Cc1cccnc1. The number of hydrogen-bond donors (Lipinski definition) is 1. The van der Waals surface area contributed by atoms with Crippen molar-refractivity contribution in [1.29, 1.82) is 0 Å². The highest BCUT2D eigenvalue weighted by atomic mass is 32.2. The van der Waals surface area contributed by atoms with E-state index in [1.165, 1.54) is 0 Å². The second kappa shape index (κ2) is 7.29. The van der Waals surface area contributed by atoms with Crippen LogP contribution in [0, 0.1) is 0 Å². The molecule has 1 heterocycles. The van der Waals surface area contributed by atoms with Gasteiger partial charge in [0, 0.05) is 26.0 Å². The van der Waals surface area contributed by atoms with Crippen molar-refractivity contribution in [2.24, 2.45) is 5.73 Å². The van der Waals surface area contributed by atoms with Crippen LogP contribution >= 0.6 is 11.8 Å². The number of pyridine rings is 1. The molecule has 0 radical (unpaired) electrons. The van der Waals surface area contributed by atoms with Gasteiger partial charge in [0.1, 0.15) is 0 Å². The van der Waals surface area contributed by atoms with Crippen molar-refractivity contribution in [1.82, 2.24) is 9.88 Å². The van der Waals surface area contributed by atoms with Crippen LogP contribution in [0.5, 0.6) is 0 Å². The Morgan fingerprint density at radius 3 is 3.00 bits per heavy atom. The predicted molar refractivity (Wildman–Crippen MR) is 71.7 cm³/mol. The van der Waals surface area contributed by atoms with E-state index in [-0.39, 0.29) is 5.91 Å². The highest BCUT2D eigenvalue weighted by Gasteiger charge is 2.17. The largest absolute Gasteiger partial charge is 0.340 e. The molecule has 2 N–H and O–H groups in total. The van der Waals surface area contributed by atoms with Crippen LogP contribution in [0.4, 0.5) is 0 Å². The first-order valence-electron chi connectivity index (χ1n) is 5.53. The molecular formula is C12H19N3OS. The van der Waals surface area contributed by atoms with E-state index in [0.29, 0.717) is 6.54 Å². The number of rotatable bonds is 6. The van der Waals surface area contributed by atoms with Gasteiger partial charge in [-0.25, -0.2) is 0 Å². The lowest BCUT2D eigenvalue weighted by Gasteiger charge is -2.21. The molecule has 0 bridgehead atoms.